The highest BCUT2D eigenvalue weighted by atomic mass is 16.5. The topological polar surface area (TPSA) is 78.9 Å². The largest absolute Gasteiger partial charge is 0.481 e. The molecule has 2 unspecified atom stereocenters. The van der Waals surface area contributed by atoms with Crippen molar-refractivity contribution in [3.63, 3.8) is 0 Å². The second-order valence-corrected chi connectivity index (χ2v) is 5.73. The number of nitrogens with zero attached hydrogens (tertiary/aromatic N) is 1. The Hall–Kier alpha value is -1.30. The maximum Gasteiger partial charge on any atom is 0.317 e. The molecular formula is C14H24N2O4. The lowest BCUT2D eigenvalue weighted by atomic mass is 9.99. The number of nitrogens with one attached hydrogen (secondary N) is 1. The molecule has 0 radical (unpaired) electrons. The third-order valence-electron chi connectivity index (χ3n) is 4.15. The number of carboxylic acid groups (broad SMARTS) is 1. The van der Waals surface area contributed by atoms with Crippen LogP contribution in [0.3, 0.4) is 0 Å². The number of aliphatic carboxylic acids is 1. The monoisotopic (exact) mass is 284 g/mol. The van der Waals surface area contributed by atoms with Crippen LogP contribution in [0.2, 0.25) is 0 Å². The maximum absolute atomic E-state index is 12.0. The standard InChI is InChI=1S/C14H24N2O4/c17-13(18)12-4-2-7-16(9-12)14(19)15-6-1-3-11-5-8-20-10-11/h11-12H,1-10H2,(H,15,19)(H,17,18). The Balaban J connectivity index is 1.62. The summed E-state index contributed by atoms with van der Waals surface area (Å²) in [5.74, 6) is -0.577. The van der Waals surface area contributed by atoms with Gasteiger partial charge in [-0.1, -0.05) is 0 Å². The molecule has 6 nitrogen and oxygen atoms in total. The zero-order chi connectivity index (χ0) is 14.4. The first-order chi connectivity index (χ1) is 9.66. The first-order valence-corrected chi connectivity index (χ1v) is 7.50. The molecule has 2 fully saturated rings. The molecule has 0 aliphatic carbocycles. The number of carbonyl (C=O) groups is 2. The van der Waals surface area contributed by atoms with Crippen LogP contribution in [0.5, 0.6) is 0 Å². The molecule has 6 heteroatoms. The van der Waals surface area contributed by atoms with Crippen LogP contribution in [0.25, 0.3) is 0 Å². The van der Waals surface area contributed by atoms with Crippen molar-refractivity contribution in [1.82, 2.24) is 10.2 Å². The van der Waals surface area contributed by atoms with Gasteiger partial charge in [-0.15, -0.1) is 0 Å². The fourth-order valence-corrected chi connectivity index (χ4v) is 2.87. The van der Waals surface area contributed by atoms with Gasteiger partial charge in [0.2, 0.25) is 0 Å². The van der Waals surface area contributed by atoms with Crippen molar-refractivity contribution in [2.45, 2.75) is 32.1 Å². The normalized spacial score (nSPS) is 26.5. The average molecular weight is 284 g/mol. The van der Waals surface area contributed by atoms with Crippen LogP contribution >= 0.6 is 0 Å². The van der Waals surface area contributed by atoms with Gasteiger partial charge in [-0.3, -0.25) is 4.79 Å². The summed E-state index contributed by atoms with van der Waals surface area (Å²) in [6, 6.07) is -0.126. The molecule has 2 N–H and O–H groups in total. The summed E-state index contributed by atoms with van der Waals surface area (Å²) in [5, 5.41) is 11.9. The van der Waals surface area contributed by atoms with E-state index in [-0.39, 0.29) is 6.03 Å². The van der Waals surface area contributed by atoms with Crippen LogP contribution in [0, 0.1) is 11.8 Å². The maximum atomic E-state index is 12.0. The third-order valence-corrected chi connectivity index (χ3v) is 4.15. The van der Waals surface area contributed by atoms with E-state index < -0.39 is 11.9 Å². The van der Waals surface area contributed by atoms with Gasteiger partial charge in [-0.25, -0.2) is 4.79 Å². The fraction of sp³-hybridized carbons (Fsp3) is 0.857. The van der Waals surface area contributed by atoms with Crippen LogP contribution in [0.4, 0.5) is 4.79 Å². The Labute approximate surface area is 119 Å². The smallest absolute Gasteiger partial charge is 0.317 e. The summed E-state index contributed by atoms with van der Waals surface area (Å²) in [5.41, 5.74) is 0. The number of hydrogen-bond donors (Lipinski definition) is 2. The summed E-state index contributed by atoms with van der Waals surface area (Å²) < 4.78 is 5.31. The van der Waals surface area contributed by atoms with E-state index in [1.54, 1.807) is 4.90 Å². The van der Waals surface area contributed by atoms with Gasteiger partial charge in [0.05, 0.1) is 5.92 Å². The Morgan fingerprint density at radius 2 is 2.20 bits per heavy atom. The number of carbonyl (C=O) groups excluding carboxylic acids is 1. The van der Waals surface area contributed by atoms with E-state index in [0.717, 1.165) is 38.9 Å². The van der Waals surface area contributed by atoms with Gasteiger partial charge in [-0.05, 0) is 38.0 Å². The number of hydrogen-bond acceptors (Lipinski definition) is 3. The first kappa shape index (κ1) is 15.1. The number of ether oxygens (including phenoxy) is 1. The van der Waals surface area contributed by atoms with Gasteiger partial charge < -0.3 is 20.1 Å². The van der Waals surface area contributed by atoms with Gasteiger partial charge in [0.25, 0.3) is 0 Å². The molecule has 2 amide bonds. The molecule has 20 heavy (non-hydrogen) atoms. The summed E-state index contributed by atoms with van der Waals surface area (Å²) in [6.07, 6.45) is 4.60. The summed E-state index contributed by atoms with van der Waals surface area (Å²) in [4.78, 5) is 24.5. The van der Waals surface area contributed by atoms with Crippen LogP contribution in [-0.2, 0) is 9.53 Å². The molecule has 2 aliphatic rings. The number of urea groups is 1. The lowest BCUT2D eigenvalue weighted by Crippen LogP contribution is -2.47. The highest BCUT2D eigenvalue weighted by molar-refractivity contribution is 5.76. The second kappa shape index (κ2) is 7.47. The molecule has 2 saturated heterocycles. The lowest BCUT2D eigenvalue weighted by molar-refractivity contribution is -0.143. The average Bonchev–Trinajstić information content (AvgIpc) is 2.96. The van der Waals surface area contributed by atoms with E-state index in [2.05, 4.69) is 5.32 Å². The van der Waals surface area contributed by atoms with Crippen LogP contribution in [0.1, 0.15) is 32.1 Å². The number of rotatable bonds is 5. The second-order valence-electron chi connectivity index (χ2n) is 5.73. The number of piperidine rings is 1. The molecule has 2 rings (SSSR count). The van der Waals surface area contributed by atoms with Crippen LogP contribution in [-0.4, -0.2) is 54.9 Å². The summed E-state index contributed by atoms with van der Waals surface area (Å²) in [7, 11) is 0. The minimum absolute atomic E-state index is 0.126. The minimum atomic E-state index is -0.802. The van der Waals surface area contributed by atoms with Crippen molar-refractivity contribution in [3.8, 4) is 0 Å². The van der Waals surface area contributed by atoms with Crippen molar-refractivity contribution in [2.75, 3.05) is 32.8 Å². The molecule has 0 aromatic heterocycles. The number of amides is 2. The predicted octanol–water partition coefficient (Wildman–Crippen LogP) is 1.31. The zero-order valence-corrected chi connectivity index (χ0v) is 11.8. The van der Waals surface area contributed by atoms with Crippen LogP contribution < -0.4 is 5.32 Å². The third kappa shape index (κ3) is 4.37. The fourth-order valence-electron chi connectivity index (χ4n) is 2.87. The van der Waals surface area contributed by atoms with E-state index in [9.17, 15) is 9.59 Å². The quantitative estimate of drug-likeness (QED) is 0.746. The van der Waals surface area contributed by atoms with E-state index >= 15 is 0 Å². The molecule has 2 atom stereocenters. The zero-order valence-electron chi connectivity index (χ0n) is 11.8. The van der Waals surface area contributed by atoms with Crippen molar-refractivity contribution in [3.05, 3.63) is 0 Å². The van der Waals surface area contributed by atoms with Crippen molar-refractivity contribution in [2.24, 2.45) is 11.8 Å². The molecule has 2 aliphatic heterocycles. The molecule has 0 saturated carbocycles. The lowest BCUT2D eigenvalue weighted by Gasteiger charge is -2.30. The van der Waals surface area contributed by atoms with Crippen molar-refractivity contribution >= 4 is 12.0 Å². The Bertz CT molecular complexity index is 342. The Morgan fingerprint density at radius 1 is 1.35 bits per heavy atom. The van der Waals surface area contributed by atoms with Gasteiger partial charge in [0.1, 0.15) is 0 Å². The number of carboxylic acids is 1. The van der Waals surface area contributed by atoms with Crippen molar-refractivity contribution in [1.29, 1.82) is 0 Å². The van der Waals surface area contributed by atoms with Gasteiger partial charge in [0.15, 0.2) is 0 Å². The Kier molecular flexibility index (Phi) is 5.64. The molecule has 0 bridgehead atoms. The number of likely N-dealkylation sites (tertiary alicyclic amines) is 1. The summed E-state index contributed by atoms with van der Waals surface area (Å²) >= 11 is 0. The highest BCUT2D eigenvalue weighted by Crippen LogP contribution is 2.18. The van der Waals surface area contributed by atoms with Crippen molar-refractivity contribution < 1.29 is 19.4 Å². The van der Waals surface area contributed by atoms with Gasteiger partial charge in [0, 0.05) is 32.8 Å². The molecule has 0 aromatic carbocycles. The molecule has 2 heterocycles. The van der Waals surface area contributed by atoms with E-state index in [1.807, 2.05) is 0 Å². The molecular weight excluding hydrogens is 260 g/mol. The molecule has 0 aromatic rings. The molecule has 0 spiro atoms. The predicted molar refractivity (Wildman–Crippen MR) is 73.5 cm³/mol. The van der Waals surface area contributed by atoms with Crippen LogP contribution in [0.15, 0.2) is 0 Å². The van der Waals surface area contributed by atoms with E-state index in [0.29, 0.717) is 32.0 Å². The summed E-state index contributed by atoms with van der Waals surface area (Å²) in [6.45, 7) is 3.36. The highest BCUT2D eigenvalue weighted by Gasteiger charge is 2.27. The van der Waals surface area contributed by atoms with E-state index in [1.165, 1.54) is 0 Å². The molecule has 114 valence electrons. The van der Waals surface area contributed by atoms with Gasteiger partial charge in [-0.2, -0.15) is 0 Å². The van der Waals surface area contributed by atoms with E-state index in [4.69, 9.17) is 9.84 Å². The first-order valence-electron chi connectivity index (χ1n) is 7.50. The minimum Gasteiger partial charge on any atom is -0.481 e. The Morgan fingerprint density at radius 3 is 2.90 bits per heavy atom. The van der Waals surface area contributed by atoms with Gasteiger partial charge >= 0.3 is 12.0 Å². The SMILES string of the molecule is O=C(O)C1CCCN(C(=O)NCCCC2CCOC2)C1.